The molecule has 0 aromatic heterocycles. The summed E-state index contributed by atoms with van der Waals surface area (Å²) < 4.78 is 11.2. The van der Waals surface area contributed by atoms with Gasteiger partial charge in [0.15, 0.2) is 0 Å². The van der Waals surface area contributed by atoms with Crippen LogP contribution < -0.4 is 14.8 Å². The van der Waals surface area contributed by atoms with E-state index in [0.717, 1.165) is 35.6 Å². The number of hydrogen-bond acceptors (Lipinski definition) is 3. The molecule has 0 amide bonds. The zero-order valence-corrected chi connectivity index (χ0v) is 14.5. The molecule has 3 nitrogen and oxygen atoms in total. The van der Waals surface area contributed by atoms with Crippen LogP contribution in [0.5, 0.6) is 11.5 Å². The number of aryl methyl sites for hydroxylation is 1. The zero-order valence-electron chi connectivity index (χ0n) is 13.8. The van der Waals surface area contributed by atoms with Gasteiger partial charge in [-0.05, 0) is 55.2 Å². The van der Waals surface area contributed by atoms with E-state index in [0.29, 0.717) is 11.6 Å². The molecule has 0 radical (unpaired) electrons. The standard InChI is InChI=1S/C19H22ClNO2/c1-4-23-14-5-6-15-13(11-14)7-8-21-18(15)16-9-12(2)10-17(20)19(16)22-3/h5-6,9-11,18,21H,4,7-8H2,1-3H3. The summed E-state index contributed by atoms with van der Waals surface area (Å²) in [5.41, 5.74) is 4.80. The average Bonchev–Trinajstić information content (AvgIpc) is 2.54. The minimum Gasteiger partial charge on any atom is -0.495 e. The molecular formula is C19H22ClNO2. The van der Waals surface area contributed by atoms with Crippen molar-refractivity contribution in [2.75, 3.05) is 20.3 Å². The summed E-state index contributed by atoms with van der Waals surface area (Å²) in [6.07, 6.45) is 0.995. The number of halogens is 1. The van der Waals surface area contributed by atoms with Crippen LogP contribution in [0, 0.1) is 6.92 Å². The molecule has 122 valence electrons. The van der Waals surface area contributed by atoms with Crippen molar-refractivity contribution in [1.29, 1.82) is 0 Å². The van der Waals surface area contributed by atoms with Crippen molar-refractivity contribution in [2.45, 2.75) is 26.3 Å². The van der Waals surface area contributed by atoms with Gasteiger partial charge in [-0.2, -0.15) is 0 Å². The lowest BCUT2D eigenvalue weighted by Crippen LogP contribution is -2.31. The molecule has 1 aliphatic rings. The first-order chi connectivity index (χ1) is 11.1. The lowest BCUT2D eigenvalue weighted by atomic mass is 9.88. The summed E-state index contributed by atoms with van der Waals surface area (Å²) in [5.74, 6) is 1.68. The van der Waals surface area contributed by atoms with E-state index < -0.39 is 0 Å². The molecule has 0 aliphatic carbocycles. The topological polar surface area (TPSA) is 30.5 Å². The van der Waals surface area contributed by atoms with Crippen LogP contribution >= 0.6 is 11.6 Å². The third kappa shape index (κ3) is 3.17. The Hall–Kier alpha value is -1.71. The highest BCUT2D eigenvalue weighted by Crippen LogP contribution is 2.39. The van der Waals surface area contributed by atoms with E-state index in [4.69, 9.17) is 21.1 Å². The monoisotopic (exact) mass is 331 g/mol. The van der Waals surface area contributed by atoms with E-state index in [-0.39, 0.29) is 6.04 Å². The van der Waals surface area contributed by atoms with Crippen LogP contribution in [0.15, 0.2) is 30.3 Å². The van der Waals surface area contributed by atoms with Crippen LogP contribution in [-0.2, 0) is 6.42 Å². The average molecular weight is 332 g/mol. The van der Waals surface area contributed by atoms with E-state index >= 15 is 0 Å². The summed E-state index contributed by atoms with van der Waals surface area (Å²) >= 11 is 6.37. The van der Waals surface area contributed by atoms with Gasteiger partial charge in [-0.1, -0.05) is 23.7 Å². The number of benzene rings is 2. The van der Waals surface area contributed by atoms with Gasteiger partial charge in [-0.3, -0.25) is 0 Å². The van der Waals surface area contributed by atoms with Gasteiger partial charge in [-0.25, -0.2) is 0 Å². The van der Waals surface area contributed by atoms with Crippen LogP contribution in [-0.4, -0.2) is 20.3 Å². The van der Waals surface area contributed by atoms with E-state index in [1.54, 1.807) is 7.11 Å². The maximum absolute atomic E-state index is 6.37. The maximum Gasteiger partial charge on any atom is 0.142 e. The lowest BCUT2D eigenvalue weighted by molar-refractivity contribution is 0.339. The van der Waals surface area contributed by atoms with Crippen LogP contribution in [0.25, 0.3) is 0 Å². The highest BCUT2D eigenvalue weighted by molar-refractivity contribution is 6.32. The summed E-state index contributed by atoms with van der Waals surface area (Å²) in [7, 11) is 1.67. The highest BCUT2D eigenvalue weighted by atomic mass is 35.5. The van der Waals surface area contributed by atoms with E-state index in [9.17, 15) is 0 Å². The minimum absolute atomic E-state index is 0.0850. The van der Waals surface area contributed by atoms with Crippen molar-refractivity contribution in [3.05, 3.63) is 57.6 Å². The predicted molar refractivity (Wildman–Crippen MR) is 93.9 cm³/mol. The zero-order chi connectivity index (χ0) is 16.4. The Bertz CT molecular complexity index is 715. The molecule has 0 fully saturated rings. The molecule has 0 saturated heterocycles. The number of rotatable bonds is 4. The third-order valence-electron chi connectivity index (χ3n) is 4.21. The molecule has 1 atom stereocenters. The van der Waals surface area contributed by atoms with Gasteiger partial charge >= 0.3 is 0 Å². The molecule has 1 aliphatic heterocycles. The molecule has 2 aromatic carbocycles. The quantitative estimate of drug-likeness (QED) is 0.906. The highest BCUT2D eigenvalue weighted by Gasteiger charge is 2.25. The van der Waals surface area contributed by atoms with Crippen molar-refractivity contribution < 1.29 is 9.47 Å². The molecular weight excluding hydrogens is 310 g/mol. The second-order valence-electron chi connectivity index (χ2n) is 5.80. The molecule has 0 spiro atoms. The van der Waals surface area contributed by atoms with Gasteiger partial charge in [-0.15, -0.1) is 0 Å². The smallest absolute Gasteiger partial charge is 0.142 e. The largest absolute Gasteiger partial charge is 0.495 e. The summed E-state index contributed by atoms with van der Waals surface area (Å²) in [6, 6.07) is 10.5. The second-order valence-corrected chi connectivity index (χ2v) is 6.21. The normalized spacial score (nSPS) is 16.8. The van der Waals surface area contributed by atoms with Crippen LogP contribution in [0.2, 0.25) is 5.02 Å². The molecule has 1 heterocycles. The van der Waals surface area contributed by atoms with E-state index in [2.05, 4.69) is 30.4 Å². The first-order valence-electron chi connectivity index (χ1n) is 7.97. The van der Waals surface area contributed by atoms with Gasteiger partial charge in [0.1, 0.15) is 11.5 Å². The molecule has 1 N–H and O–H groups in total. The van der Waals surface area contributed by atoms with Gasteiger partial charge in [0.05, 0.1) is 24.8 Å². The van der Waals surface area contributed by atoms with Crippen molar-refractivity contribution in [1.82, 2.24) is 5.32 Å². The molecule has 0 bridgehead atoms. The van der Waals surface area contributed by atoms with Crippen LogP contribution in [0.3, 0.4) is 0 Å². The molecule has 2 aromatic rings. The Kier molecular flexibility index (Phi) is 4.79. The van der Waals surface area contributed by atoms with Crippen LogP contribution in [0.4, 0.5) is 0 Å². The van der Waals surface area contributed by atoms with Crippen molar-refractivity contribution in [3.8, 4) is 11.5 Å². The Morgan fingerprint density at radius 1 is 1.22 bits per heavy atom. The van der Waals surface area contributed by atoms with Crippen LogP contribution in [0.1, 0.15) is 35.2 Å². The summed E-state index contributed by atoms with van der Waals surface area (Å²) in [4.78, 5) is 0. The van der Waals surface area contributed by atoms with Crippen molar-refractivity contribution >= 4 is 11.6 Å². The molecule has 3 rings (SSSR count). The Morgan fingerprint density at radius 3 is 2.78 bits per heavy atom. The first-order valence-corrected chi connectivity index (χ1v) is 8.35. The third-order valence-corrected chi connectivity index (χ3v) is 4.49. The van der Waals surface area contributed by atoms with Gasteiger partial charge < -0.3 is 14.8 Å². The number of ether oxygens (including phenoxy) is 2. The predicted octanol–water partition coefficient (Wildman–Crippen LogP) is 4.29. The fourth-order valence-electron chi connectivity index (χ4n) is 3.26. The fraction of sp³-hybridized carbons (Fsp3) is 0.368. The number of methoxy groups -OCH3 is 1. The molecule has 0 saturated carbocycles. The SMILES string of the molecule is CCOc1ccc2c(c1)CCNC2c1cc(C)cc(Cl)c1OC. The van der Waals surface area contributed by atoms with Gasteiger partial charge in [0, 0.05) is 12.1 Å². The molecule has 1 unspecified atom stereocenters. The van der Waals surface area contributed by atoms with Crippen molar-refractivity contribution in [2.24, 2.45) is 0 Å². The van der Waals surface area contributed by atoms with Gasteiger partial charge in [0.2, 0.25) is 0 Å². The maximum atomic E-state index is 6.37. The molecule has 23 heavy (non-hydrogen) atoms. The Labute approximate surface area is 142 Å². The number of fused-ring (bicyclic) bond motifs is 1. The second kappa shape index (κ2) is 6.81. The van der Waals surface area contributed by atoms with Crippen molar-refractivity contribution in [3.63, 3.8) is 0 Å². The Morgan fingerprint density at radius 2 is 2.04 bits per heavy atom. The first kappa shape index (κ1) is 16.2. The lowest BCUT2D eigenvalue weighted by Gasteiger charge is -2.29. The van der Waals surface area contributed by atoms with E-state index in [1.165, 1.54) is 11.1 Å². The minimum atomic E-state index is 0.0850. The van der Waals surface area contributed by atoms with Gasteiger partial charge in [0.25, 0.3) is 0 Å². The summed E-state index contributed by atoms with van der Waals surface area (Å²) in [6.45, 7) is 5.66. The van der Waals surface area contributed by atoms with E-state index in [1.807, 2.05) is 19.1 Å². The molecule has 4 heteroatoms. The fourth-order valence-corrected chi connectivity index (χ4v) is 3.62. The summed E-state index contributed by atoms with van der Waals surface area (Å²) in [5, 5.41) is 4.25. The Balaban J connectivity index is 2.07. The number of nitrogens with one attached hydrogen (secondary N) is 1. The number of hydrogen-bond donors (Lipinski definition) is 1.